The van der Waals surface area contributed by atoms with Gasteiger partial charge in [0, 0.05) is 5.56 Å². The molecular weight excluding hydrogens is 320 g/mol. The summed E-state index contributed by atoms with van der Waals surface area (Å²) in [6, 6.07) is 31.7. The topological polar surface area (TPSA) is 40.5 Å². The van der Waals surface area contributed by atoms with Gasteiger partial charge in [0.15, 0.2) is 11.5 Å². The van der Waals surface area contributed by atoms with Crippen LogP contribution in [0.15, 0.2) is 97.1 Å². The zero-order valence-corrected chi connectivity index (χ0v) is 14.1. The van der Waals surface area contributed by atoms with Gasteiger partial charge < -0.3 is 10.2 Å². The molecule has 0 fully saturated rings. The Morgan fingerprint density at radius 1 is 0.385 bits per heavy atom. The predicted molar refractivity (Wildman–Crippen MR) is 106 cm³/mol. The van der Waals surface area contributed by atoms with E-state index in [0.29, 0.717) is 5.56 Å². The minimum Gasteiger partial charge on any atom is -0.504 e. The highest BCUT2D eigenvalue weighted by Gasteiger charge is 2.08. The number of phenols is 2. The van der Waals surface area contributed by atoms with Crippen LogP contribution in [-0.4, -0.2) is 10.2 Å². The maximum Gasteiger partial charge on any atom is 0.165 e. The van der Waals surface area contributed by atoms with E-state index in [2.05, 4.69) is 36.4 Å². The summed E-state index contributed by atoms with van der Waals surface area (Å²) in [6.07, 6.45) is 0. The van der Waals surface area contributed by atoms with E-state index in [1.165, 1.54) is 17.2 Å². The summed E-state index contributed by atoms with van der Waals surface area (Å²) < 4.78 is 0. The average molecular weight is 338 g/mol. The molecule has 4 rings (SSSR count). The first-order valence-electron chi connectivity index (χ1n) is 8.49. The molecule has 0 saturated carbocycles. The van der Waals surface area contributed by atoms with Crippen LogP contribution in [0.2, 0.25) is 0 Å². The van der Waals surface area contributed by atoms with Crippen LogP contribution in [-0.2, 0) is 0 Å². The normalized spacial score (nSPS) is 10.6. The number of phenolic OH excluding ortho intramolecular Hbond substituents is 2. The Bertz CT molecular complexity index is 1020. The molecule has 0 saturated heterocycles. The van der Waals surface area contributed by atoms with Crippen molar-refractivity contribution in [2.24, 2.45) is 0 Å². The van der Waals surface area contributed by atoms with E-state index in [-0.39, 0.29) is 11.5 Å². The van der Waals surface area contributed by atoms with Gasteiger partial charge in [-0.05, 0) is 33.9 Å². The minimum absolute atomic E-state index is 0.0903. The van der Waals surface area contributed by atoms with E-state index in [4.69, 9.17) is 0 Å². The van der Waals surface area contributed by atoms with Gasteiger partial charge in [-0.25, -0.2) is 0 Å². The number of para-hydroxylation sites is 1. The third kappa shape index (κ3) is 3.05. The highest BCUT2D eigenvalue weighted by molar-refractivity contribution is 5.76. The first kappa shape index (κ1) is 16.0. The van der Waals surface area contributed by atoms with Gasteiger partial charge in [0.05, 0.1) is 0 Å². The largest absolute Gasteiger partial charge is 0.504 e. The van der Waals surface area contributed by atoms with Crippen molar-refractivity contribution in [2.75, 3.05) is 0 Å². The molecule has 0 aliphatic heterocycles. The molecule has 0 bridgehead atoms. The van der Waals surface area contributed by atoms with Crippen LogP contribution in [0.25, 0.3) is 33.4 Å². The van der Waals surface area contributed by atoms with Crippen LogP contribution in [0.1, 0.15) is 0 Å². The van der Waals surface area contributed by atoms with Crippen molar-refractivity contribution in [2.45, 2.75) is 0 Å². The highest BCUT2D eigenvalue weighted by atomic mass is 16.3. The van der Waals surface area contributed by atoms with E-state index in [9.17, 15) is 10.2 Å². The van der Waals surface area contributed by atoms with Crippen molar-refractivity contribution in [1.29, 1.82) is 0 Å². The van der Waals surface area contributed by atoms with Gasteiger partial charge in [-0.1, -0.05) is 91.0 Å². The zero-order valence-electron chi connectivity index (χ0n) is 14.1. The molecule has 0 heterocycles. The average Bonchev–Trinajstić information content (AvgIpc) is 2.71. The van der Waals surface area contributed by atoms with Crippen LogP contribution >= 0.6 is 0 Å². The first-order valence-corrected chi connectivity index (χ1v) is 8.49. The van der Waals surface area contributed by atoms with E-state index in [1.807, 2.05) is 42.5 Å². The van der Waals surface area contributed by atoms with Crippen molar-refractivity contribution in [3.63, 3.8) is 0 Å². The van der Waals surface area contributed by atoms with Gasteiger partial charge in [0.2, 0.25) is 0 Å². The fraction of sp³-hybridized carbons (Fsp3) is 0. The lowest BCUT2D eigenvalue weighted by Gasteiger charge is -2.08. The number of hydrogen-bond acceptors (Lipinski definition) is 2. The van der Waals surface area contributed by atoms with Gasteiger partial charge >= 0.3 is 0 Å². The van der Waals surface area contributed by atoms with Crippen LogP contribution in [0.4, 0.5) is 0 Å². The molecule has 0 aliphatic rings. The molecule has 0 aliphatic carbocycles. The second-order valence-electron chi connectivity index (χ2n) is 6.19. The Kier molecular flexibility index (Phi) is 4.16. The lowest BCUT2D eigenvalue weighted by atomic mass is 9.98. The van der Waals surface area contributed by atoms with Gasteiger partial charge in [-0.15, -0.1) is 0 Å². The van der Waals surface area contributed by atoms with Gasteiger partial charge in [-0.3, -0.25) is 0 Å². The Morgan fingerprint density at radius 3 is 1.38 bits per heavy atom. The van der Waals surface area contributed by atoms with Crippen molar-refractivity contribution < 1.29 is 10.2 Å². The summed E-state index contributed by atoms with van der Waals surface area (Å²) >= 11 is 0. The lowest BCUT2D eigenvalue weighted by Crippen LogP contribution is -1.83. The van der Waals surface area contributed by atoms with Crippen LogP contribution < -0.4 is 0 Å². The zero-order chi connectivity index (χ0) is 17.9. The Labute approximate surface area is 152 Å². The molecular formula is C24H18O2. The van der Waals surface area contributed by atoms with Crippen molar-refractivity contribution in [3.05, 3.63) is 97.1 Å². The Hall–Kier alpha value is -3.52. The molecule has 4 aromatic carbocycles. The third-order valence-corrected chi connectivity index (χ3v) is 4.54. The van der Waals surface area contributed by atoms with Gasteiger partial charge in [0.1, 0.15) is 0 Å². The maximum atomic E-state index is 10.0. The smallest absolute Gasteiger partial charge is 0.165 e. The lowest BCUT2D eigenvalue weighted by molar-refractivity contribution is 0.405. The number of rotatable bonds is 3. The van der Waals surface area contributed by atoms with E-state index < -0.39 is 0 Å². The molecule has 0 radical (unpaired) electrons. The maximum absolute atomic E-state index is 10.0. The summed E-state index contributed by atoms with van der Waals surface area (Å²) in [5.74, 6) is -0.199. The molecule has 0 unspecified atom stereocenters. The molecule has 2 nitrogen and oxygen atoms in total. The van der Waals surface area contributed by atoms with Crippen LogP contribution in [0, 0.1) is 0 Å². The van der Waals surface area contributed by atoms with Crippen LogP contribution in [0.5, 0.6) is 11.5 Å². The fourth-order valence-electron chi connectivity index (χ4n) is 3.09. The molecule has 4 aromatic rings. The summed E-state index contributed by atoms with van der Waals surface area (Å²) in [7, 11) is 0. The molecule has 2 heteroatoms. The minimum atomic E-state index is -0.108. The highest BCUT2D eigenvalue weighted by Crippen LogP contribution is 2.36. The fourth-order valence-corrected chi connectivity index (χ4v) is 3.09. The van der Waals surface area contributed by atoms with Gasteiger partial charge in [0.25, 0.3) is 0 Å². The monoisotopic (exact) mass is 338 g/mol. The second-order valence-corrected chi connectivity index (χ2v) is 6.19. The van der Waals surface area contributed by atoms with Crippen molar-refractivity contribution in [3.8, 4) is 44.9 Å². The van der Waals surface area contributed by atoms with E-state index in [0.717, 1.165) is 16.7 Å². The number of aromatic hydroxyl groups is 2. The van der Waals surface area contributed by atoms with E-state index >= 15 is 0 Å². The van der Waals surface area contributed by atoms with E-state index in [1.54, 1.807) is 12.1 Å². The van der Waals surface area contributed by atoms with Gasteiger partial charge in [-0.2, -0.15) is 0 Å². The Balaban J connectivity index is 1.62. The molecule has 0 atom stereocenters. The summed E-state index contributed by atoms with van der Waals surface area (Å²) in [5, 5.41) is 19.7. The SMILES string of the molecule is Oc1cccc(-c2ccc(-c3ccc(-c4ccccc4)cc3)cc2)c1O. The molecule has 0 aromatic heterocycles. The molecule has 26 heavy (non-hydrogen) atoms. The summed E-state index contributed by atoms with van der Waals surface area (Å²) in [5.41, 5.74) is 6.12. The molecule has 126 valence electrons. The second kappa shape index (κ2) is 6.77. The summed E-state index contributed by atoms with van der Waals surface area (Å²) in [6.45, 7) is 0. The number of hydrogen-bond donors (Lipinski definition) is 2. The summed E-state index contributed by atoms with van der Waals surface area (Å²) in [4.78, 5) is 0. The van der Waals surface area contributed by atoms with Crippen LogP contribution in [0.3, 0.4) is 0 Å². The molecule has 0 amide bonds. The predicted octanol–water partition coefficient (Wildman–Crippen LogP) is 6.10. The quantitative estimate of drug-likeness (QED) is 0.443. The van der Waals surface area contributed by atoms with Crippen molar-refractivity contribution in [1.82, 2.24) is 0 Å². The first-order chi connectivity index (χ1) is 12.7. The number of benzene rings is 4. The molecule has 0 spiro atoms. The third-order valence-electron chi connectivity index (χ3n) is 4.54. The standard InChI is InChI=1S/C24H18O2/c25-23-8-4-7-22(24(23)26)21-15-13-20(14-16-21)19-11-9-18(10-12-19)17-5-2-1-3-6-17/h1-16,25-26H. The van der Waals surface area contributed by atoms with Crippen molar-refractivity contribution >= 4 is 0 Å². The Morgan fingerprint density at radius 2 is 0.846 bits per heavy atom. The molecule has 2 N–H and O–H groups in total.